The highest BCUT2D eigenvalue weighted by atomic mass is 19.1. The molecule has 1 saturated carbocycles. The fourth-order valence-electron chi connectivity index (χ4n) is 3.39. The summed E-state index contributed by atoms with van der Waals surface area (Å²) in [4.78, 5) is 0. The van der Waals surface area contributed by atoms with Gasteiger partial charge < -0.3 is 9.84 Å². The quantitative estimate of drug-likeness (QED) is 0.835. The maximum atomic E-state index is 13.2. The molecule has 1 aliphatic carbocycles. The molecule has 0 saturated heterocycles. The molecule has 1 aromatic carbocycles. The van der Waals surface area contributed by atoms with Crippen LogP contribution in [0.2, 0.25) is 0 Å². The second-order valence-corrected chi connectivity index (χ2v) is 6.11. The van der Waals surface area contributed by atoms with Gasteiger partial charge in [-0.1, -0.05) is 19.8 Å². The zero-order valence-corrected chi connectivity index (χ0v) is 11.3. The molecule has 1 heterocycles. The average molecular weight is 264 g/mol. The Morgan fingerprint density at radius 1 is 1.21 bits per heavy atom. The number of fused-ring (bicyclic) bond motifs is 1. The van der Waals surface area contributed by atoms with Crippen LogP contribution >= 0.6 is 0 Å². The Hall–Kier alpha value is -1.09. The van der Waals surface area contributed by atoms with Gasteiger partial charge in [-0.2, -0.15) is 0 Å². The van der Waals surface area contributed by atoms with Crippen molar-refractivity contribution in [3.8, 4) is 5.75 Å². The third kappa shape index (κ3) is 2.62. The van der Waals surface area contributed by atoms with Crippen LogP contribution in [0.5, 0.6) is 5.75 Å². The molecule has 0 radical (unpaired) electrons. The van der Waals surface area contributed by atoms with Gasteiger partial charge in [0.25, 0.3) is 0 Å². The van der Waals surface area contributed by atoms with E-state index < -0.39 is 6.10 Å². The van der Waals surface area contributed by atoms with Crippen molar-refractivity contribution in [1.29, 1.82) is 0 Å². The summed E-state index contributed by atoms with van der Waals surface area (Å²) in [5.74, 6) is 1.69. The van der Waals surface area contributed by atoms with Crippen LogP contribution in [0.1, 0.15) is 50.7 Å². The molecule has 1 fully saturated rings. The van der Waals surface area contributed by atoms with Gasteiger partial charge in [-0.3, -0.25) is 0 Å². The van der Waals surface area contributed by atoms with Crippen LogP contribution in [0.25, 0.3) is 0 Å². The van der Waals surface area contributed by atoms with E-state index in [2.05, 4.69) is 6.92 Å². The Morgan fingerprint density at radius 3 is 2.68 bits per heavy atom. The van der Waals surface area contributed by atoms with Crippen LogP contribution < -0.4 is 4.74 Å². The van der Waals surface area contributed by atoms with Crippen molar-refractivity contribution >= 4 is 0 Å². The summed E-state index contributed by atoms with van der Waals surface area (Å²) in [7, 11) is 0. The number of aliphatic hydroxyl groups excluding tert-OH is 1. The Bertz CT molecular complexity index is 452. The summed E-state index contributed by atoms with van der Waals surface area (Å²) in [6, 6.07) is 4.43. The second-order valence-electron chi connectivity index (χ2n) is 6.11. The van der Waals surface area contributed by atoms with Crippen molar-refractivity contribution in [2.45, 2.75) is 51.2 Å². The lowest BCUT2D eigenvalue weighted by Crippen LogP contribution is -2.34. The van der Waals surface area contributed by atoms with E-state index in [1.807, 2.05) is 0 Å². The van der Waals surface area contributed by atoms with E-state index in [4.69, 9.17) is 4.74 Å². The molecule has 0 aromatic heterocycles. The van der Waals surface area contributed by atoms with Gasteiger partial charge in [0.15, 0.2) is 0 Å². The largest absolute Gasteiger partial charge is 0.490 e. The lowest BCUT2D eigenvalue weighted by Gasteiger charge is -2.37. The minimum Gasteiger partial charge on any atom is -0.490 e. The van der Waals surface area contributed by atoms with Gasteiger partial charge in [0.05, 0.1) is 6.10 Å². The maximum absolute atomic E-state index is 13.2. The first-order chi connectivity index (χ1) is 9.13. The van der Waals surface area contributed by atoms with E-state index in [1.54, 1.807) is 6.07 Å². The van der Waals surface area contributed by atoms with Gasteiger partial charge in [0.1, 0.15) is 17.7 Å². The van der Waals surface area contributed by atoms with Crippen LogP contribution in [0.4, 0.5) is 4.39 Å². The molecule has 2 aliphatic rings. The summed E-state index contributed by atoms with van der Waals surface area (Å²) >= 11 is 0. The van der Waals surface area contributed by atoms with Crippen LogP contribution in [0.3, 0.4) is 0 Å². The molecule has 0 spiro atoms. The Balaban J connectivity index is 1.75. The van der Waals surface area contributed by atoms with Crippen molar-refractivity contribution in [3.63, 3.8) is 0 Å². The SMILES string of the molecule is CC1CCC(C2CC(O)c3cc(F)ccc3O2)CC1. The molecule has 1 N–H and O–H groups in total. The van der Waals surface area contributed by atoms with Gasteiger partial charge in [0.2, 0.25) is 0 Å². The van der Waals surface area contributed by atoms with E-state index >= 15 is 0 Å². The van der Waals surface area contributed by atoms with Gasteiger partial charge >= 0.3 is 0 Å². The van der Waals surface area contributed by atoms with Crippen molar-refractivity contribution in [3.05, 3.63) is 29.6 Å². The minimum absolute atomic E-state index is 0.0838. The molecule has 2 unspecified atom stereocenters. The standard InChI is InChI=1S/C16H21FO2/c1-10-2-4-11(5-3-10)16-9-14(18)13-8-12(17)6-7-15(13)19-16/h6-8,10-11,14,16,18H,2-5,9H2,1H3. The van der Waals surface area contributed by atoms with Gasteiger partial charge in [0, 0.05) is 12.0 Å². The number of hydrogen-bond donors (Lipinski definition) is 1. The predicted octanol–water partition coefficient (Wildman–Crippen LogP) is 3.84. The van der Waals surface area contributed by atoms with E-state index in [1.165, 1.54) is 37.8 Å². The predicted molar refractivity (Wildman–Crippen MR) is 71.5 cm³/mol. The topological polar surface area (TPSA) is 29.5 Å². The van der Waals surface area contributed by atoms with Crippen LogP contribution in [0, 0.1) is 17.7 Å². The molecule has 104 valence electrons. The van der Waals surface area contributed by atoms with E-state index in [9.17, 15) is 9.50 Å². The number of halogens is 1. The molecule has 2 atom stereocenters. The maximum Gasteiger partial charge on any atom is 0.125 e. The van der Waals surface area contributed by atoms with Crippen molar-refractivity contribution in [2.24, 2.45) is 11.8 Å². The third-order valence-corrected chi connectivity index (χ3v) is 4.65. The van der Waals surface area contributed by atoms with E-state index in [0.717, 1.165) is 5.92 Å². The molecule has 0 bridgehead atoms. The molecule has 3 heteroatoms. The number of hydrogen-bond acceptors (Lipinski definition) is 2. The summed E-state index contributed by atoms with van der Waals surface area (Å²) < 4.78 is 19.2. The molecule has 1 aromatic rings. The van der Waals surface area contributed by atoms with E-state index in [0.29, 0.717) is 23.7 Å². The number of ether oxygens (including phenoxy) is 1. The fourth-order valence-corrected chi connectivity index (χ4v) is 3.39. The highest BCUT2D eigenvalue weighted by Crippen LogP contribution is 2.41. The molecule has 3 rings (SSSR count). The Labute approximate surface area is 113 Å². The highest BCUT2D eigenvalue weighted by Gasteiger charge is 2.34. The first kappa shape index (κ1) is 12.9. The minimum atomic E-state index is -0.594. The summed E-state index contributed by atoms with van der Waals surface area (Å²) in [6.07, 6.45) is 4.93. The van der Waals surface area contributed by atoms with Crippen LogP contribution in [-0.4, -0.2) is 11.2 Å². The first-order valence-corrected chi connectivity index (χ1v) is 7.27. The van der Waals surface area contributed by atoms with Gasteiger partial charge in [-0.05, 0) is 42.9 Å². The average Bonchev–Trinajstić information content (AvgIpc) is 2.40. The van der Waals surface area contributed by atoms with Crippen LogP contribution in [0.15, 0.2) is 18.2 Å². The van der Waals surface area contributed by atoms with Gasteiger partial charge in [-0.25, -0.2) is 4.39 Å². The van der Waals surface area contributed by atoms with Crippen molar-refractivity contribution in [1.82, 2.24) is 0 Å². The first-order valence-electron chi connectivity index (χ1n) is 7.27. The molecule has 2 nitrogen and oxygen atoms in total. The lowest BCUT2D eigenvalue weighted by atomic mass is 9.78. The monoisotopic (exact) mass is 264 g/mol. The Kier molecular flexibility index (Phi) is 3.48. The second kappa shape index (κ2) is 5.12. The zero-order chi connectivity index (χ0) is 13.4. The normalized spacial score (nSPS) is 34.5. The molecular formula is C16H21FO2. The highest BCUT2D eigenvalue weighted by molar-refractivity contribution is 5.37. The summed E-state index contributed by atoms with van der Waals surface area (Å²) in [5.41, 5.74) is 0.598. The molecule has 0 amide bonds. The number of rotatable bonds is 1. The summed E-state index contributed by atoms with van der Waals surface area (Å²) in [6.45, 7) is 2.30. The Morgan fingerprint density at radius 2 is 1.95 bits per heavy atom. The summed E-state index contributed by atoms with van der Waals surface area (Å²) in [5, 5.41) is 10.2. The van der Waals surface area contributed by atoms with Crippen molar-refractivity contribution in [2.75, 3.05) is 0 Å². The zero-order valence-electron chi connectivity index (χ0n) is 11.3. The van der Waals surface area contributed by atoms with Crippen LogP contribution in [-0.2, 0) is 0 Å². The molecule has 19 heavy (non-hydrogen) atoms. The smallest absolute Gasteiger partial charge is 0.125 e. The van der Waals surface area contributed by atoms with E-state index in [-0.39, 0.29) is 11.9 Å². The molecule has 1 aliphatic heterocycles. The lowest BCUT2D eigenvalue weighted by molar-refractivity contribution is 0.0191. The van der Waals surface area contributed by atoms with Gasteiger partial charge in [-0.15, -0.1) is 0 Å². The fraction of sp³-hybridized carbons (Fsp3) is 0.625. The molecular weight excluding hydrogens is 243 g/mol. The number of aliphatic hydroxyl groups is 1. The van der Waals surface area contributed by atoms with Crippen molar-refractivity contribution < 1.29 is 14.2 Å². The third-order valence-electron chi connectivity index (χ3n) is 4.65. The number of benzene rings is 1.